The molecule has 0 bridgehead atoms. The van der Waals surface area contributed by atoms with Crippen LogP contribution in [0, 0.1) is 13.8 Å². The molecule has 2 rings (SSSR count). The van der Waals surface area contributed by atoms with Crippen molar-refractivity contribution in [2.45, 2.75) is 18.7 Å². The first kappa shape index (κ1) is 16.5. The minimum atomic E-state index is -3.43. The van der Waals surface area contributed by atoms with Gasteiger partial charge >= 0.3 is 5.97 Å². The van der Waals surface area contributed by atoms with E-state index in [0.29, 0.717) is 5.75 Å². The Morgan fingerprint density at radius 2 is 1.73 bits per heavy atom. The number of benzene rings is 2. The average molecular weight is 339 g/mol. The van der Waals surface area contributed by atoms with Gasteiger partial charge in [-0.2, -0.15) is 0 Å². The van der Waals surface area contributed by atoms with Gasteiger partial charge in [0.2, 0.25) is 0 Å². The highest BCUT2D eigenvalue weighted by Gasteiger charge is 2.17. The Balaban J connectivity index is 2.35. The quantitative estimate of drug-likeness (QED) is 0.634. The van der Waals surface area contributed by atoms with Crippen LogP contribution in [0.15, 0.2) is 41.3 Å². The Morgan fingerprint density at radius 1 is 1.05 bits per heavy atom. The average Bonchev–Trinajstić information content (AvgIpc) is 2.42. The summed E-state index contributed by atoms with van der Waals surface area (Å²) in [7, 11) is -3.43. The van der Waals surface area contributed by atoms with E-state index in [1.165, 1.54) is 18.2 Å². The van der Waals surface area contributed by atoms with Crippen LogP contribution in [-0.4, -0.2) is 20.6 Å². The SMILES string of the molecule is Cc1ccc(OC(=O)c2cc(S(C)(=O)=O)ccc2Cl)cc1C. The summed E-state index contributed by atoms with van der Waals surface area (Å²) in [6.45, 7) is 3.86. The standard InChI is InChI=1S/C16H15ClO4S/c1-10-4-5-12(8-11(10)2)21-16(18)14-9-13(22(3,19)20)6-7-15(14)17/h4-9H,1-3H3. The normalized spacial score (nSPS) is 11.3. The van der Waals surface area contributed by atoms with Gasteiger partial charge in [-0.15, -0.1) is 0 Å². The molecule has 0 aromatic heterocycles. The van der Waals surface area contributed by atoms with Gasteiger partial charge in [0.1, 0.15) is 5.75 Å². The fraction of sp³-hybridized carbons (Fsp3) is 0.188. The number of sulfone groups is 1. The summed E-state index contributed by atoms with van der Waals surface area (Å²) in [5, 5.41) is 0.140. The highest BCUT2D eigenvalue weighted by Crippen LogP contribution is 2.23. The lowest BCUT2D eigenvalue weighted by atomic mass is 10.1. The van der Waals surface area contributed by atoms with Crippen LogP contribution in [0.5, 0.6) is 5.75 Å². The Kier molecular flexibility index (Phi) is 4.58. The zero-order valence-corrected chi connectivity index (χ0v) is 14.0. The molecule has 0 aliphatic rings. The lowest BCUT2D eigenvalue weighted by Gasteiger charge is -2.09. The molecule has 0 aliphatic heterocycles. The van der Waals surface area contributed by atoms with E-state index < -0.39 is 15.8 Å². The first-order valence-corrected chi connectivity index (χ1v) is 8.74. The van der Waals surface area contributed by atoms with Gasteiger partial charge in [0.05, 0.1) is 15.5 Å². The number of halogens is 1. The van der Waals surface area contributed by atoms with Crippen LogP contribution in [0.2, 0.25) is 5.02 Å². The van der Waals surface area contributed by atoms with E-state index in [-0.39, 0.29) is 15.5 Å². The number of rotatable bonds is 3. The summed E-state index contributed by atoms with van der Waals surface area (Å²) in [4.78, 5) is 12.2. The lowest BCUT2D eigenvalue weighted by Crippen LogP contribution is -2.11. The van der Waals surface area contributed by atoms with Crippen molar-refractivity contribution in [2.24, 2.45) is 0 Å². The molecule has 6 heteroatoms. The molecule has 0 saturated carbocycles. The summed E-state index contributed by atoms with van der Waals surface area (Å²) in [5.41, 5.74) is 2.08. The molecule has 0 heterocycles. The van der Waals surface area contributed by atoms with E-state index in [2.05, 4.69) is 0 Å². The number of hydrogen-bond donors (Lipinski definition) is 0. The maximum absolute atomic E-state index is 12.2. The number of carbonyl (C=O) groups excluding carboxylic acids is 1. The fourth-order valence-electron chi connectivity index (χ4n) is 1.83. The summed E-state index contributed by atoms with van der Waals surface area (Å²) in [6.07, 6.45) is 1.06. The summed E-state index contributed by atoms with van der Waals surface area (Å²) >= 11 is 5.97. The number of hydrogen-bond acceptors (Lipinski definition) is 4. The first-order valence-electron chi connectivity index (χ1n) is 6.47. The predicted molar refractivity (Wildman–Crippen MR) is 85.4 cm³/mol. The monoisotopic (exact) mass is 338 g/mol. The van der Waals surface area contributed by atoms with Gasteiger partial charge < -0.3 is 4.74 Å². The van der Waals surface area contributed by atoms with Crippen LogP contribution in [0.1, 0.15) is 21.5 Å². The number of esters is 1. The second kappa shape index (κ2) is 6.10. The molecule has 22 heavy (non-hydrogen) atoms. The van der Waals surface area contributed by atoms with Gasteiger partial charge in [-0.3, -0.25) is 0 Å². The first-order chi connectivity index (χ1) is 10.2. The van der Waals surface area contributed by atoms with E-state index in [9.17, 15) is 13.2 Å². The topological polar surface area (TPSA) is 60.4 Å². The van der Waals surface area contributed by atoms with Crippen LogP contribution in [0.25, 0.3) is 0 Å². The van der Waals surface area contributed by atoms with Gasteiger partial charge in [-0.25, -0.2) is 13.2 Å². The summed E-state index contributed by atoms with van der Waals surface area (Å²) < 4.78 is 28.4. The Morgan fingerprint density at radius 3 is 2.32 bits per heavy atom. The number of carbonyl (C=O) groups is 1. The van der Waals surface area contributed by atoms with E-state index >= 15 is 0 Å². The largest absolute Gasteiger partial charge is 0.423 e. The van der Waals surface area contributed by atoms with E-state index in [1.807, 2.05) is 19.9 Å². The molecule has 0 radical (unpaired) electrons. The molecule has 0 amide bonds. The van der Waals surface area contributed by atoms with Crippen molar-refractivity contribution in [1.29, 1.82) is 0 Å². The van der Waals surface area contributed by atoms with Crippen LogP contribution in [0.4, 0.5) is 0 Å². The Hall–Kier alpha value is -1.85. The van der Waals surface area contributed by atoms with Crippen LogP contribution in [-0.2, 0) is 9.84 Å². The zero-order valence-electron chi connectivity index (χ0n) is 12.4. The van der Waals surface area contributed by atoms with Gasteiger partial charge in [0, 0.05) is 6.26 Å². The molecule has 2 aromatic carbocycles. The van der Waals surface area contributed by atoms with E-state index in [1.54, 1.807) is 12.1 Å². The van der Waals surface area contributed by atoms with Crippen LogP contribution in [0.3, 0.4) is 0 Å². The predicted octanol–water partition coefficient (Wildman–Crippen LogP) is 3.58. The van der Waals surface area contributed by atoms with Gasteiger partial charge in [-0.1, -0.05) is 17.7 Å². The van der Waals surface area contributed by atoms with Crippen molar-refractivity contribution in [1.82, 2.24) is 0 Å². The van der Waals surface area contributed by atoms with Crippen LogP contribution >= 0.6 is 11.6 Å². The molecular weight excluding hydrogens is 324 g/mol. The van der Waals surface area contributed by atoms with E-state index in [4.69, 9.17) is 16.3 Å². The minimum absolute atomic E-state index is 0.0165. The molecule has 116 valence electrons. The van der Waals surface area contributed by atoms with Gasteiger partial charge in [0.25, 0.3) is 0 Å². The van der Waals surface area contributed by atoms with Crippen molar-refractivity contribution in [2.75, 3.05) is 6.26 Å². The van der Waals surface area contributed by atoms with Crippen molar-refractivity contribution in [3.63, 3.8) is 0 Å². The highest BCUT2D eigenvalue weighted by atomic mass is 35.5. The van der Waals surface area contributed by atoms with Gasteiger partial charge in [0.15, 0.2) is 9.84 Å². The smallest absolute Gasteiger partial charge is 0.345 e. The van der Waals surface area contributed by atoms with Crippen molar-refractivity contribution < 1.29 is 17.9 Å². The Labute approximate surface area is 134 Å². The molecule has 0 saturated heterocycles. The fourth-order valence-corrected chi connectivity index (χ4v) is 2.67. The third-order valence-corrected chi connectivity index (χ3v) is 4.71. The molecular formula is C16H15ClO4S. The molecule has 0 N–H and O–H groups in total. The number of ether oxygens (including phenoxy) is 1. The van der Waals surface area contributed by atoms with Crippen molar-refractivity contribution in [3.8, 4) is 5.75 Å². The molecule has 0 aliphatic carbocycles. The molecule has 2 aromatic rings. The van der Waals surface area contributed by atoms with Crippen molar-refractivity contribution in [3.05, 3.63) is 58.1 Å². The second-order valence-corrected chi connectivity index (χ2v) is 7.47. The third-order valence-electron chi connectivity index (χ3n) is 3.27. The van der Waals surface area contributed by atoms with Crippen LogP contribution < -0.4 is 4.74 Å². The number of aryl methyl sites for hydroxylation is 2. The maximum Gasteiger partial charge on any atom is 0.345 e. The highest BCUT2D eigenvalue weighted by molar-refractivity contribution is 7.90. The van der Waals surface area contributed by atoms with E-state index in [0.717, 1.165) is 17.4 Å². The second-order valence-electron chi connectivity index (χ2n) is 5.05. The third kappa shape index (κ3) is 3.67. The molecule has 0 atom stereocenters. The molecule has 0 spiro atoms. The molecule has 0 fully saturated rings. The van der Waals surface area contributed by atoms with Crippen molar-refractivity contribution >= 4 is 27.4 Å². The van der Waals surface area contributed by atoms with Gasteiger partial charge in [-0.05, 0) is 55.3 Å². The summed E-state index contributed by atoms with van der Waals surface area (Å²) in [6, 6.07) is 9.20. The maximum atomic E-state index is 12.2. The summed E-state index contributed by atoms with van der Waals surface area (Å²) in [5.74, 6) is -0.312. The Bertz CT molecular complexity index is 841. The zero-order chi connectivity index (χ0) is 16.5. The molecule has 4 nitrogen and oxygen atoms in total. The minimum Gasteiger partial charge on any atom is -0.423 e. The molecule has 0 unspecified atom stereocenters. The lowest BCUT2D eigenvalue weighted by molar-refractivity contribution is 0.0734.